The Hall–Kier alpha value is -7.18. The number of hydrogen-bond donors (Lipinski definition) is 3. The maximum absolute atomic E-state index is 6.66. The van der Waals surface area contributed by atoms with Crippen LogP contribution >= 0.6 is 0 Å². The van der Waals surface area contributed by atoms with Gasteiger partial charge in [0.25, 0.3) is 0 Å². The van der Waals surface area contributed by atoms with Crippen LogP contribution in [0, 0.1) is 0 Å². The molecule has 55 heavy (non-hydrogen) atoms. The monoisotopic (exact) mass is 712 g/mol. The summed E-state index contributed by atoms with van der Waals surface area (Å²) in [5.41, 5.74) is 29.1. The molecular weight excluding hydrogens is 673 g/mol. The molecule has 0 saturated heterocycles. The Morgan fingerprint density at radius 3 is 1.75 bits per heavy atom. The van der Waals surface area contributed by atoms with Gasteiger partial charge in [-0.15, -0.1) is 0 Å². The average molecular weight is 713 g/mol. The molecular formula is C49H40N6. The maximum atomic E-state index is 6.66. The van der Waals surface area contributed by atoms with Crippen molar-refractivity contribution in [1.29, 1.82) is 0 Å². The molecule has 1 aromatic heterocycles. The molecule has 6 nitrogen and oxygen atoms in total. The van der Waals surface area contributed by atoms with E-state index in [0.29, 0.717) is 17.2 Å². The average Bonchev–Trinajstić information content (AvgIpc) is 3.64. The van der Waals surface area contributed by atoms with Crippen molar-refractivity contribution < 1.29 is 0 Å². The van der Waals surface area contributed by atoms with Crippen LogP contribution in [0.1, 0.15) is 13.3 Å². The number of nitrogens with zero attached hydrogens (tertiary/aromatic N) is 3. The number of nitrogen functional groups attached to an aromatic ring is 2. The normalized spacial score (nSPS) is 13.3. The molecule has 1 aliphatic heterocycles. The van der Waals surface area contributed by atoms with Gasteiger partial charge in [-0.05, 0) is 83.3 Å². The Morgan fingerprint density at radius 2 is 1.04 bits per heavy atom. The fourth-order valence-corrected chi connectivity index (χ4v) is 7.50. The first-order valence-corrected chi connectivity index (χ1v) is 18.7. The number of rotatable bonds is 8. The van der Waals surface area contributed by atoms with Gasteiger partial charge >= 0.3 is 0 Å². The highest BCUT2D eigenvalue weighted by atomic mass is 15.3. The fraction of sp³-hybridized carbons (Fsp3) is 0.0612. The third-order valence-electron chi connectivity index (χ3n) is 10.4. The van der Waals surface area contributed by atoms with E-state index in [4.69, 9.17) is 21.4 Å². The summed E-state index contributed by atoms with van der Waals surface area (Å²) in [6, 6.07) is 60.6. The van der Waals surface area contributed by atoms with Crippen LogP contribution in [0.15, 0.2) is 176 Å². The maximum Gasteiger partial charge on any atom is 0.160 e. The van der Waals surface area contributed by atoms with Crippen molar-refractivity contribution in [3.8, 4) is 67.3 Å². The number of nitrogens with two attached hydrogens (primary N) is 2. The number of hydrogen-bond acceptors (Lipinski definition) is 6. The van der Waals surface area contributed by atoms with E-state index in [2.05, 4.69) is 145 Å². The lowest BCUT2D eigenvalue weighted by Gasteiger charge is -2.27. The van der Waals surface area contributed by atoms with E-state index < -0.39 is 0 Å². The molecule has 2 heterocycles. The Balaban J connectivity index is 1.03. The molecule has 8 aromatic rings. The molecule has 6 heteroatoms. The summed E-state index contributed by atoms with van der Waals surface area (Å²) in [5.74, 6) is 0.701. The molecule has 0 spiro atoms. The lowest BCUT2D eigenvalue weighted by molar-refractivity contribution is 0.728. The van der Waals surface area contributed by atoms with Gasteiger partial charge in [-0.25, -0.2) is 9.97 Å². The van der Waals surface area contributed by atoms with Crippen LogP contribution in [-0.4, -0.2) is 16.1 Å². The molecule has 0 bridgehead atoms. The molecule has 9 rings (SSSR count). The minimum absolute atomic E-state index is 0.149. The molecule has 1 atom stereocenters. The molecule has 1 aliphatic rings. The zero-order valence-electron chi connectivity index (χ0n) is 30.5. The largest absolute Gasteiger partial charge is 0.398 e. The van der Waals surface area contributed by atoms with Gasteiger partial charge in [0, 0.05) is 44.9 Å². The first-order valence-electron chi connectivity index (χ1n) is 18.7. The highest BCUT2D eigenvalue weighted by Gasteiger charge is 2.29. The molecule has 0 radical (unpaired) electrons. The third-order valence-corrected chi connectivity index (χ3v) is 10.4. The van der Waals surface area contributed by atoms with Crippen LogP contribution in [0.4, 0.5) is 28.4 Å². The highest BCUT2D eigenvalue weighted by Crippen LogP contribution is 2.44. The van der Waals surface area contributed by atoms with Crippen LogP contribution in [0.25, 0.3) is 67.3 Å². The lowest BCUT2D eigenvalue weighted by Crippen LogP contribution is -2.30. The zero-order chi connectivity index (χ0) is 37.3. The van der Waals surface area contributed by atoms with E-state index >= 15 is 0 Å². The Morgan fingerprint density at radius 1 is 0.491 bits per heavy atom. The van der Waals surface area contributed by atoms with Crippen LogP contribution in [0.2, 0.25) is 0 Å². The van der Waals surface area contributed by atoms with Gasteiger partial charge in [0.1, 0.15) is 6.17 Å². The van der Waals surface area contributed by atoms with Gasteiger partial charge < -0.3 is 21.7 Å². The molecule has 0 fully saturated rings. The molecule has 7 aromatic carbocycles. The smallest absolute Gasteiger partial charge is 0.160 e. The first-order chi connectivity index (χ1) is 27.0. The van der Waals surface area contributed by atoms with Gasteiger partial charge in [-0.2, -0.15) is 0 Å². The Labute approximate surface area is 321 Å². The van der Waals surface area contributed by atoms with Crippen LogP contribution in [0.5, 0.6) is 0 Å². The number of anilines is 5. The van der Waals surface area contributed by atoms with Gasteiger partial charge in [0.2, 0.25) is 0 Å². The van der Waals surface area contributed by atoms with E-state index in [9.17, 15) is 0 Å². The number of fused-ring (bicyclic) bond motifs is 1. The predicted octanol–water partition coefficient (Wildman–Crippen LogP) is 11.9. The molecule has 0 aliphatic carbocycles. The summed E-state index contributed by atoms with van der Waals surface area (Å²) in [6.07, 6.45) is 1.09. The molecule has 5 N–H and O–H groups in total. The highest BCUT2D eigenvalue weighted by molar-refractivity contribution is 5.91. The summed E-state index contributed by atoms with van der Waals surface area (Å²) >= 11 is 0. The van der Waals surface area contributed by atoms with Crippen molar-refractivity contribution in [2.45, 2.75) is 19.5 Å². The molecule has 266 valence electrons. The number of nitrogens with one attached hydrogen (secondary N) is 1. The van der Waals surface area contributed by atoms with Crippen molar-refractivity contribution in [2.75, 3.05) is 21.7 Å². The Kier molecular flexibility index (Phi) is 8.77. The van der Waals surface area contributed by atoms with Gasteiger partial charge in [-0.1, -0.05) is 128 Å². The van der Waals surface area contributed by atoms with Crippen molar-refractivity contribution in [2.24, 2.45) is 0 Å². The quantitative estimate of drug-likeness (QED) is 0.136. The number of benzene rings is 7. The Bertz CT molecular complexity index is 2580. The van der Waals surface area contributed by atoms with Gasteiger partial charge in [0.15, 0.2) is 5.82 Å². The second kappa shape index (κ2) is 14.3. The SMILES string of the molecule is CCC1Nc2ccccc2N1c1ccc(N)c(-c2cc(-c3ccc(-c4cccc(-c5cc(-c6ccccc6)nc(-c6ccccc6)n5)c4)cc3)ccc2N)c1. The number of para-hydroxylation sites is 2. The minimum Gasteiger partial charge on any atom is -0.398 e. The van der Waals surface area contributed by atoms with E-state index in [1.807, 2.05) is 48.5 Å². The van der Waals surface area contributed by atoms with Crippen molar-refractivity contribution in [3.63, 3.8) is 0 Å². The second-order valence-corrected chi connectivity index (χ2v) is 13.9. The van der Waals surface area contributed by atoms with Crippen molar-refractivity contribution in [3.05, 3.63) is 176 Å². The second-order valence-electron chi connectivity index (χ2n) is 13.9. The minimum atomic E-state index is 0.149. The first kappa shape index (κ1) is 33.6. The van der Waals surface area contributed by atoms with Crippen molar-refractivity contribution >= 4 is 28.4 Å². The molecule has 1 unspecified atom stereocenters. The van der Waals surface area contributed by atoms with E-state index in [-0.39, 0.29) is 6.17 Å². The topological polar surface area (TPSA) is 93.1 Å². The van der Waals surface area contributed by atoms with Crippen LogP contribution < -0.4 is 21.7 Å². The molecule has 0 saturated carbocycles. The third kappa shape index (κ3) is 6.55. The van der Waals surface area contributed by atoms with E-state index in [1.54, 1.807) is 0 Å². The summed E-state index contributed by atoms with van der Waals surface area (Å²) < 4.78 is 0. The van der Waals surface area contributed by atoms with E-state index in [0.717, 1.165) is 84.9 Å². The van der Waals surface area contributed by atoms with Crippen molar-refractivity contribution in [1.82, 2.24) is 9.97 Å². The summed E-state index contributed by atoms with van der Waals surface area (Å²) in [6.45, 7) is 2.19. The predicted molar refractivity (Wildman–Crippen MR) is 230 cm³/mol. The van der Waals surface area contributed by atoms with E-state index in [1.165, 1.54) is 0 Å². The lowest BCUT2D eigenvalue weighted by atomic mass is 9.94. The summed E-state index contributed by atoms with van der Waals surface area (Å²) in [7, 11) is 0. The van der Waals surface area contributed by atoms with Gasteiger partial charge in [-0.3, -0.25) is 0 Å². The fourth-order valence-electron chi connectivity index (χ4n) is 7.50. The molecule has 0 amide bonds. The van der Waals surface area contributed by atoms with Gasteiger partial charge in [0.05, 0.1) is 22.8 Å². The zero-order valence-corrected chi connectivity index (χ0v) is 30.5. The van der Waals surface area contributed by atoms with Crippen LogP contribution in [0.3, 0.4) is 0 Å². The summed E-state index contributed by atoms with van der Waals surface area (Å²) in [4.78, 5) is 12.4. The number of aromatic nitrogens is 2. The standard InChI is InChI=1S/C49H40N6/c1-2-48-52-44-18-9-10-19-47(44)55(48)39-25-27-43(51)41(30-39)40-29-37(24-26-42(40)50)33-22-20-32(21-23-33)36-16-11-17-38(28-36)46-31-45(34-12-5-3-6-13-34)53-49(54-46)35-14-7-4-8-15-35/h3-31,48,52H,2,50-51H2,1H3. The van der Waals surface area contributed by atoms with Crippen LogP contribution in [-0.2, 0) is 0 Å². The summed E-state index contributed by atoms with van der Waals surface area (Å²) in [5, 5.41) is 3.66.